The molecule has 0 aliphatic rings. The monoisotopic (exact) mass is 1320 g/mol. The van der Waals surface area contributed by atoms with Crippen LogP contribution in [0.4, 0.5) is 0 Å². The molecule has 0 radical (unpaired) electrons. The summed E-state index contributed by atoms with van der Waals surface area (Å²) in [5.74, 6) is -0.631. The van der Waals surface area contributed by atoms with E-state index in [0.29, 0.717) is 25.7 Å². The van der Waals surface area contributed by atoms with E-state index in [1.54, 1.807) is 0 Å². The summed E-state index contributed by atoms with van der Waals surface area (Å²) in [5.41, 5.74) is 0. The number of hydrogen-bond donors (Lipinski definition) is 3. The number of aliphatic hydroxyl groups excluding tert-OH is 1. The highest BCUT2D eigenvalue weighted by Crippen LogP contribution is 2.45. The normalized spacial score (nSPS) is 14.6. The van der Waals surface area contributed by atoms with Crippen molar-refractivity contribution in [2.75, 3.05) is 39.6 Å². The van der Waals surface area contributed by atoms with Gasteiger partial charge in [-0.05, 0) is 63.2 Å². The van der Waals surface area contributed by atoms with Crippen LogP contribution in [0.25, 0.3) is 0 Å². The second-order valence-corrected chi connectivity index (χ2v) is 28.6. The van der Waals surface area contributed by atoms with Gasteiger partial charge in [-0.1, -0.05) is 284 Å². The molecule has 0 aromatic rings. The van der Waals surface area contributed by atoms with Gasteiger partial charge in [-0.25, -0.2) is 9.13 Å². The van der Waals surface area contributed by atoms with E-state index in [9.17, 15) is 43.2 Å². The Kier molecular flexibility index (Phi) is 60.9. The lowest BCUT2D eigenvalue weighted by molar-refractivity contribution is -0.161. The van der Waals surface area contributed by atoms with Crippen molar-refractivity contribution in [3.63, 3.8) is 0 Å². The minimum absolute atomic E-state index is 0.0847. The summed E-state index contributed by atoms with van der Waals surface area (Å²) in [7, 11) is -9.91. The van der Waals surface area contributed by atoms with E-state index in [1.165, 1.54) is 141 Å². The zero-order valence-corrected chi connectivity index (χ0v) is 59.7. The number of phosphoric ester groups is 2. The largest absolute Gasteiger partial charge is 0.472 e. The maximum Gasteiger partial charge on any atom is 0.472 e. The molecule has 0 amide bonds. The molecule has 0 rings (SSSR count). The van der Waals surface area contributed by atoms with Gasteiger partial charge in [0, 0.05) is 25.7 Å². The van der Waals surface area contributed by atoms with E-state index < -0.39 is 97.5 Å². The van der Waals surface area contributed by atoms with Crippen LogP contribution >= 0.6 is 15.6 Å². The third-order valence-electron chi connectivity index (χ3n) is 16.2. The summed E-state index contributed by atoms with van der Waals surface area (Å²) in [6.45, 7) is 9.46. The van der Waals surface area contributed by atoms with Crippen molar-refractivity contribution in [3.8, 4) is 0 Å². The number of hydrogen-bond acceptors (Lipinski definition) is 15. The van der Waals surface area contributed by atoms with Crippen molar-refractivity contribution in [1.29, 1.82) is 0 Å². The molecule has 530 valence electrons. The summed E-state index contributed by atoms with van der Waals surface area (Å²) in [4.78, 5) is 72.5. The first-order valence-electron chi connectivity index (χ1n) is 36.3. The zero-order valence-electron chi connectivity index (χ0n) is 57.9. The van der Waals surface area contributed by atoms with Crippen LogP contribution in [-0.4, -0.2) is 96.7 Å². The SMILES string of the molecule is CCCCCC/C=C\C=C/CCCCCCCC(=O)O[C@H](COC(=O)CCCCCCCCCCCCC(C)CC)COP(=O)(O)OC[C@@H](O)COP(=O)(O)OC[C@@H](COC(=O)CCCCCCCCCCCC)OC(=O)CCCCCCCCCCC(C)C. The van der Waals surface area contributed by atoms with E-state index in [1.807, 2.05) is 0 Å². The molecule has 0 fully saturated rings. The first kappa shape index (κ1) is 87.5. The fraction of sp³-hybridized carbons (Fsp3) is 0.887. The third-order valence-corrected chi connectivity index (χ3v) is 18.1. The average Bonchev–Trinajstić information content (AvgIpc) is 3.56. The molecule has 0 spiro atoms. The maximum atomic E-state index is 13.0. The first-order chi connectivity index (χ1) is 43.4. The second-order valence-electron chi connectivity index (χ2n) is 25.7. The molecule has 0 aliphatic carbocycles. The van der Waals surface area contributed by atoms with E-state index in [2.05, 4.69) is 65.8 Å². The minimum Gasteiger partial charge on any atom is -0.462 e. The lowest BCUT2D eigenvalue weighted by Crippen LogP contribution is -2.30. The van der Waals surface area contributed by atoms with Gasteiger partial charge in [-0.2, -0.15) is 0 Å². The number of rotatable bonds is 68. The van der Waals surface area contributed by atoms with Crippen molar-refractivity contribution in [1.82, 2.24) is 0 Å². The Bertz CT molecular complexity index is 1850. The van der Waals surface area contributed by atoms with Crippen LogP contribution in [0.3, 0.4) is 0 Å². The fourth-order valence-corrected chi connectivity index (χ4v) is 11.8. The number of phosphoric acid groups is 2. The molecule has 6 atom stereocenters. The van der Waals surface area contributed by atoms with E-state index in [-0.39, 0.29) is 25.7 Å². The van der Waals surface area contributed by atoms with E-state index >= 15 is 0 Å². The number of allylic oxidation sites excluding steroid dienone is 4. The van der Waals surface area contributed by atoms with Crippen LogP contribution < -0.4 is 0 Å². The summed E-state index contributed by atoms with van der Waals surface area (Å²) in [6.07, 6.45) is 50.7. The molecule has 0 aliphatic heterocycles. The molecule has 0 heterocycles. The van der Waals surface area contributed by atoms with Gasteiger partial charge in [0.2, 0.25) is 0 Å². The van der Waals surface area contributed by atoms with Crippen LogP contribution in [0.15, 0.2) is 24.3 Å². The number of ether oxygens (including phenoxy) is 4. The van der Waals surface area contributed by atoms with Gasteiger partial charge < -0.3 is 33.8 Å². The molecule has 0 saturated heterocycles. The highest BCUT2D eigenvalue weighted by molar-refractivity contribution is 7.47. The predicted octanol–water partition coefficient (Wildman–Crippen LogP) is 19.9. The standard InChI is InChI=1S/C71H134O17P2/c1-7-10-12-14-16-18-20-21-22-23-24-30-37-43-49-55-70(75)87-66(59-82-69(74)54-48-42-36-29-26-25-27-34-40-46-52-64(6)9-3)61-85-89(77,78)83-57-65(72)58-84-90(79,80)86-62-67(60-81-68(73)53-47-41-35-28-19-17-15-13-11-8-2)88-71(76)56-50-44-38-32-31-33-39-45-51-63(4)5/h18,20-22,63-67,72H,7-17,19,23-62H2,1-6H3,(H,77,78)(H,79,80)/b20-18-,22-21-/t64?,65-,66-,67-/m1/s1. The van der Waals surface area contributed by atoms with Gasteiger partial charge in [-0.3, -0.25) is 37.3 Å². The Morgan fingerprint density at radius 3 is 1.00 bits per heavy atom. The Labute approximate surface area is 548 Å². The van der Waals surface area contributed by atoms with Crippen LogP contribution in [0, 0.1) is 11.8 Å². The average molecular weight is 1320 g/mol. The van der Waals surface area contributed by atoms with Gasteiger partial charge in [0.05, 0.1) is 26.4 Å². The first-order valence-corrected chi connectivity index (χ1v) is 39.3. The smallest absolute Gasteiger partial charge is 0.462 e. The molecular weight excluding hydrogens is 1190 g/mol. The van der Waals surface area contributed by atoms with Gasteiger partial charge in [0.1, 0.15) is 19.3 Å². The van der Waals surface area contributed by atoms with Gasteiger partial charge >= 0.3 is 39.5 Å². The van der Waals surface area contributed by atoms with Crippen molar-refractivity contribution in [2.24, 2.45) is 11.8 Å². The van der Waals surface area contributed by atoms with Crippen LogP contribution in [-0.2, 0) is 65.4 Å². The Morgan fingerprint density at radius 1 is 0.367 bits per heavy atom. The summed E-state index contributed by atoms with van der Waals surface area (Å²) in [5, 5.41) is 10.6. The van der Waals surface area contributed by atoms with Crippen molar-refractivity contribution in [2.45, 2.75) is 355 Å². The topological polar surface area (TPSA) is 237 Å². The molecule has 19 heteroatoms. The summed E-state index contributed by atoms with van der Waals surface area (Å²) < 4.78 is 68.2. The lowest BCUT2D eigenvalue weighted by atomic mass is 9.99. The molecule has 0 aromatic carbocycles. The number of carbonyl (C=O) groups is 4. The van der Waals surface area contributed by atoms with Gasteiger partial charge in [0.25, 0.3) is 0 Å². The Morgan fingerprint density at radius 2 is 0.656 bits per heavy atom. The zero-order chi connectivity index (χ0) is 66.5. The van der Waals surface area contributed by atoms with Gasteiger partial charge in [-0.15, -0.1) is 0 Å². The highest BCUT2D eigenvalue weighted by Gasteiger charge is 2.30. The molecule has 3 unspecified atom stereocenters. The molecule has 17 nitrogen and oxygen atoms in total. The van der Waals surface area contributed by atoms with E-state index in [0.717, 1.165) is 115 Å². The van der Waals surface area contributed by atoms with Crippen molar-refractivity contribution < 1.29 is 80.2 Å². The maximum absolute atomic E-state index is 13.0. The minimum atomic E-state index is -4.96. The molecule has 90 heavy (non-hydrogen) atoms. The van der Waals surface area contributed by atoms with Crippen molar-refractivity contribution in [3.05, 3.63) is 24.3 Å². The number of carbonyl (C=O) groups excluding carboxylic acids is 4. The number of esters is 4. The van der Waals surface area contributed by atoms with Crippen LogP contribution in [0.5, 0.6) is 0 Å². The lowest BCUT2D eigenvalue weighted by Gasteiger charge is -2.21. The Hall–Kier alpha value is -2.46. The molecular formula is C71H134O17P2. The number of unbranched alkanes of at least 4 members (excludes halogenated alkanes) is 34. The highest BCUT2D eigenvalue weighted by atomic mass is 31.2. The van der Waals surface area contributed by atoms with Gasteiger partial charge in [0.15, 0.2) is 12.2 Å². The van der Waals surface area contributed by atoms with Crippen LogP contribution in [0.1, 0.15) is 337 Å². The summed E-state index contributed by atoms with van der Waals surface area (Å²) in [6, 6.07) is 0. The quantitative estimate of drug-likeness (QED) is 0.0169. The summed E-state index contributed by atoms with van der Waals surface area (Å²) >= 11 is 0. The fourth-order valence-electron chi connectivity index (χ4n) is 10.2. The molecule has 0 bridgehead atoms. The van der Waals surface area contributed by atoms with Crippen molar-refractivity contribution >= 4 is 39.5 Å². The Balaban J connectivity index is 5.29. The molecule has 0 saturated carbocycles. The molecule has 3 N–H and O–H groups in total. The predicted molar refractivity (Wildman–Crippen MR) is 363 cm³/mol. The van der Waals surface area contributed by atoms with Crippen LogP contribution in [0.2, 0.25) is 0 Å². The number of aliphatic hydroxyl groups is 1. The third kappa shape index (κ3) is 63.0. The van der Waals surface area contributed by atoms with E-state index in [4.69, 9.17) is 37.0 Å². The molecule has 0 aromatic heterocycles. The second kappa shape index (κ2) is 62.6.